The van der Waals surface area contributed by atoms with Crippen molar-refractivity contribution < 1.29 is 4.79 Å². The fraction of sp³-hybridized carbons (Fsp3) is 0.786. The smallest absolute Gasteiger partial charge is 0.227 e. The van der Waals surface area contributed by atoms with Crippen LogP contribution in [-0.4, -0.2) is 19.0 Å². The lowest BCUT2D eigenvalue weighted by Crippen LogP contribution is -2.43. The SMILES string of the molecule is CCC(C)(CN)C(=O)NCCC1=CCCCC1. The second-order valence-corrected chi connectivity index (χ2v) is 5.23. The maximum absolute atomic E-state index is 12.0. The third kappa shape index (κ3) is 4.15. The lowest BCUT2D eigenvalue weighted by atomic mass is 9.86. The molecule has 3 heteroatoms. The molecule has 0 radical (unpaired) electrons. The quantitative estimate of drug-likeness (QED) is 0.698. The summed E-state index contributed by atoms with van der Waals surface area (Å²) in [6, 6.07) is 0. The van der Waals surface area contributed by atoms with Gasteiger partial charge in [0.25, 0.3) is 0 Å². The maximum atomic E-state index is 12.0. The summed E-state index contributed by atoms with van der Waals surface area (Å²) in [4.78, 5) is 12.0. The number of amides is 1. The third-order valence-corrected chi connectivity index (χ3v) is 3.90. The number of rotatable bonds is 6. The van der Waals surface area contributed by atoms with Crippen LogP contribution in [0.3, 0.4) is 0 Å². The monoisotopic (exact) mass is 238 g/mol. The molecule has 0 heterocycles. The van der Waals surface area contributed by atoms with E-state index in [0.29, 0.717) is 6.54 Å². The largest absolute Gasteiger partial charge is 0.355 e. The predicted octanol–water partition coefficient (Wildman–Crippen LogP) is 2.37. The summed E-state index contributed by atoms with van der Waals surface area (Å²) < 4.78 is 0. The number of nitrogens with two attached hydrogens (primary N) is 1. The molecule has 0 spiro atoms. The van der Waals surface area contributed by atoms with Crippen molar-refractivity contribution in [2.24, 2.45) is 11.1 Å². The second kappa shape index (κ2) is 6.80. The Hall–Kier alpha value is -0.830. The number of hydrogen-bond acceptors (Lipinski definition) is 2. The van der Waals surface area contributed by atoms with Crippen molar-refractivity contribution in [2.45, 2.75) is 52.4 Å². The molecule has 1 atom stereocenters. The zero-order valence-corrected chi connectivity index (χ0v) is 11.2. The maximum Gasteiger partial charge on any atom is 0.227 e. The molecule has 1 unspecified atom stereocenters. The highest BCUT2D eigenvalue weighted by atomic mass is 16.2. The molecule has 0 aromatic heterocycles. The van der Waals surface area contributed by atoms with E-state index in [-0.39, 0.29) is 5.91 Å². The highest BCUT2D eigenvalue weighted by Crippen LogP contribution is 2.21. The highest BCUT2D eigenvalue weighted by Gasteiger charge is 2.29. The molecule has 3 N–H and O–H groups in total. The minimum absolute atomic E-state index is 0.0962. The van der Waals surface area contributed by atoms with Crippen molar-refractivity contribution in [3.63, 3.8) is 0 Å². The van der Waals surface area contributed by atoms with Gasteiger partial charge in [-0.25, -0.2) is 0 Å². The minimum atomic E-state index is -0.402. The second-order valence-electron chi connectivity index (χ2n) is 5.23. The van der Waals surface area contributed by atoms with E-state index in [0.717, 1.165) is 19.4 Å². The average Bonchev–Trinajstić information content (AvgIpc) is 2.39. The minimum Gasteiger partial charge on any atom is -0.355 e. The first-order valence-corrected chi connectivity index (χ1v) is 6.78. The summed E-state index contributed by atoms with van der Waals surface area (Å²) in [5, 5.41) is 3.01. The Morgan fingerprint density at radius 3 is 2.82 bits per heavy atom. The fourth-order valence-electron chi connectivity index (χ4n) is 2.08. The number of allylic oxidation sites excluding steroid dienone is 1. The molecule has 0 aromatic rings. The molecule has 3 nitrogen and oxygen atoms in total. The van der Waals surface area contributed by atoms with Gasteiger partial charge in [0, 0.05) is 13.1 Å². The summed E-state index contributed by atoms with van der Waals surface area (Å²) >= 11 is 0. The van der Waals surface area contributed by atoms with Gasteiger partial charge in [0.15, 0.2) is 0 Å². The normalized spacial score (nSPS) is 19.4. The summed E-state index contributed by atoms with van der Waals surface area (Å²) in [6.07, 6.45) is 9.15. The Morgan fingerprint density at radius 1 is 1.53 bits per heavy atom. The third-order valence-electron chi connectivity index (χ3n) is 3.90. The first-order valence-electron chi connectivity index (χ1n) is 6.78. The number of carbonyl (C=O) groups excluding carboxylic acids is 1. The summed E-state index contributed by atoms with van der Waals surface area (Å²) in [5.74, 6) is 0.0962. The van der Waals surface area contributed by atoms with Gasteiger partial charge in [0.05, 0.1) is 5.41 Å². The Labute approximate surface area is 105 Å². The Balaban J connectivity index is 2.30. The molecule has 0 saturated heterocycles. The van der Waals surface area contributed by atoms with E-state index in [1.165, 1.54) is 31.3 Å². The number of carbonyl (C=O) groups is 1. The van der Waals surface area contributed by atoms with Crippen molar-refractivity contribution in [3.05, 3.63) is 11.6 Å². The van der Waals surface area contributed by atoms with Crippen molar-refractivity contribution in [1.82, 2.24) is 5.32 Å². The van der Waals surface area contributed by atoms with E-state index in [1.807, 2.05) is 13.8 Å². The Bertz CT molecular complexity index is 280. The molecule has 1 aliphatic carbocycles. The van der Waals surface area contributed by atoms with Crippen molar-refractivity contribution in [3.8, 4) is 0 Å². The lowest BCUT2D eigenvalue weighted by molar-refractivity contribution is -0.129. The molecule has 98 valence electrons. The molecule has 0 aromatic carbocycles. The predicted molar refractivity (Wildman–Crippen MR) is 71.6 cm³/mol. The first-order chi connectivity index (χ1) is 8.12. The Kier molecular flexibility index (Phi) is 5.69. The Morgan fingerprint density at radius 2 is 2.29 bits per heavy atom. The van der Waals surface area contributed by atoms with E-state index in [1.54, 1.807) is 0 Å². The zero-order valence-electron chi connectivity index (χ0n) is 11.2. The molecule has 0 saturated carbocycles. The van der Waals surface area contributed by atoms with Gasteiger partial charge in [-0.3, -0.25) is 4.79 Å². The average molecular weight is 238 g/mol. The van der Waals surface area contributed by atoms with E-state index in [2.05, 4.69) is 11.4 Å². The van der Waals surface area contributed by atoms with Crippen LogP contribution in [0, 0.1) is 5.41 Å². The topological polar surface area (TPSA) is 55.1 Å². The molecule has 1 aliphatic rings. The van der Waals surface area contributed by atoms with Gasteiger partial charge in [-0.2, -0.15) is 0 Å². The van der Waals surface area contributed by atoms with Crippen LogP contribution in [0.25, 0.3) is 0 Å². The van der Waals surface area contributed by atoms with Gasteiger partial charge in [0.1, 0.15) is 0 Å². The molecule has 0 bridgehead atoms. The van der Waals surface area contributed by atoms with Crippen molar-refractivity contribution in [1.29, 1.82) is 0 Å². The van der Waals surface area contributed by atoms with Gasteiger partial charge in [-0.15, -0.1) is 0 Å². The molecule has 1 amide bonds. The standard InChI is InChI=1S/C14H26N2O/c1-3-14(2,11-15)13(17)16-10-9-12-7-5-4-6-8-12/h7H,3-6,8-11,15H2,1-2H3,(H,16,17). The number of nitrogens with one attached hydrogen (secondary N) is 1. The summed E-state index contributed by atoms with van der Waals surface area (Å²) in [6.45, 7) is 5.11. The van der Waals surface area contributed by atoms with Crippen LogP contribution < -0.4 is 11.1 Å². The molecule has 1 rings (SSSR count). The molecular formula is C14H26N2O. The molecule has 0 fully saturated rings. The van der Waals surface area contributed by atoms with Crippen LogP contribution in [0.2, 0.25) is 0 Å². The number of hydrogen-bond donors (Lipinski definition) is 2. The van der Waals surface area contributed by atoms with Crippen molar-refractivity contribution in [2.75, 3.05) is 13.1 Å². The molecular weight excluding hydrogens is 212 g/mol. The fourth-order valence-corrected chi connectivity index (χ4v) is 2.08. The van der Waals surface area contributed by atoms with E-state index < -0.39 is 5.41 Å². The van der Waals surface area contributed by atoms with Crippen LogP contribution >= 0.6 is 0 Å². The van der Waals surface area contributed by atoms with Crippen LogP contribution in [0.15, 0.2) is 11.6 Å². The van der Waals surface area contributed by atoms with Gasteiger partial charge >= 0.3 is 0 Å². The van der Waals surface area contributed by atoms with Crippen LogP contribution in [0.4, 0.5) is 0 Å². The van der Waals surface area contributed by atoms with Crippen molar-refractivity contribution >= 4 is 5.91 Å². The summed E-state index contributed by atoms with van der Waals surface area (Å²) in [5.41, 5.74) is 6.76. The lowest BCUT2D eigenvalue weighted by Gasteiger charge is -2.25. The van der Waals surface area contributed by atoms with Crippen LogP contribution in [0.1, 0.15) is 52.4 Å². The van der Waals surface area contributed by atoms with E-state index >= 15 is 0 Å². The molecule has 0 aliphatic heterocycles. The van der Waals surface area contributed by atoms with E-state index in [9.17, 15) is 4.79 Å². The van der Waals surface area contributed by atoms with E-state index in [4.69, 9.17) is 5.73 Å². The first kappa shape index (κ1) is 14.2. The zero-order chi connectivity index (χ0) is 12.7. The van der Waals surface area contributed by atoms with Gasteiger partial charge in [-0.1, -0.05) is 18.6 Å². The van der Waals surface area contributed by atoms with Gasteiger partial charge in [-0.05, 0) is 45.4 Å². The highest BCUT2D eigenvalue weighted by molar-refractivity contribution is 5.82. The molecule has 17 heavy (non-hydrogen) atoms. The van der Waals surface area contributed by atoms with Crippen LogP contribution in [-0.2, 0) is 4.79 Å². The summed E-state index contributed by atoms with van der Waals surface area (Å²) in [7, 11) is 0. The van der Waals surface area contributed by atoms with Crippen LogP contribution in [0.5, 0.6) is 0 Å². The van der Waals surface area contributed by atoms with Gasteiger partial charge in [0.2, 0.25) is 5.91 Å². The van der Waals surface area contributed by atoms with Gasteiger partial charge < -0.3 is 11.1 Å².